The summed E-state index contributed by atoms with van der Waals surface area (Å²) in [5.41, 5.74) is 12.8. The first-order chi connectivity index (χ1) is 27.8. The zero-order chi connectivity index (χ0) is 36.8. The highest BCUT2D eigenvalue weighted by Crippen LogP contribution is 2.65. The molecule has 12 rings (SSSR count). The van der Waals surface area contributed by atoms with Gasteiger partial charge in [-0.1, -0.05) is 188 Å². The molecular formula is C53H32N2O. The molecule has 0 atom stereocenters. The molecule has 1 aromatic heterocycles. The maximum atomic E-state index is 7.17. The van der Waals surface area contributed by atoms with Gasteiger partial charge in [0.2, 0.25) is 0 Å². The average molecular weight is 713 g/mol. The molecule has 0 saturated heterocycles. The summed E-state index contributed by atoms with van der Waals surface area (Å²) in [5, 5.41) is 5.54. The molecule has 0 radical (unpaired) electrons. The van der Waals surface area contributed by atoms with Crippen molar-refractivity contribution in [3.8, 4) is 56.4 Å². The van der Waals surface area contributed by atoms with E-state index < -0.39 is 5.41 Å². The Morgan fingerprint density at radius 2 is 0.911 bits per heavy atom. The average Bonchev–Trinajstić information content (AvgIpc) is 3.57. The van der Waals surface area contributed by atoms with Crippen LogP contribution < -0.4 is 4.74 Å². The fourth-order valence-corrected chi connectivity index (χ4v) is 9.50. The van der Waals surface area contributed by atoms with Gasteiger partial charge >= 0.3 is 0 Å². The van der Waals surface area contributed by atoms with Crippen LogP contribution in [0.5, 0.6) is 11.5 Å². The third-order valence-corrected chi connectivity index (χ3v) is 11.9. The number of fused-ring (bicyclic) bond motifs is 14. The topological polar surface area (TPSA) is 35.0 Å². The zero-order valence-corrected chi connectivity index (χ0v) is 30.3. The van der Waals surface area contributed by atoms with E-state index in [1.807, 2.05) is 6.07 Å². The Morgan fingerprint density at radius 3 is 1.64 bits per heavy atom. The van der Waals surface area contributed by atoms with Gasteiger partial charge in [0.05, 0.1) is 16.6 Å². The minimum absolute atomic E-state index is 0.641. The van der Waals surface area contributed by atoms with Crippen LogP contribution in [0.2, 0.25) is 0 Å². The van der Waals surface area contributed by atoms with Gasteiger partial charge in [-0.25, -0.2) is 9.97 Å². The summed E-state index contributed by atoms with van der Waals surface area (Å²) in [6, 6.07) is 69.5. The van der Waals surface area contributed by atoms with Crippen LogP contribution in [0.1, 0.15) is 22.3 Å². The number of aromatic nitrogens is 2. The predicted molar refractivity (Wildman–Crippen MR) is 228 cm³/mol. The molecule has 9 aromatic carbocycles. The van der Waals surface area contributed by atoms with Gasteiger partial charge in [0.15, 0.2) is 5.82 Å². The number of rotatable bonds is 3. The molecule has 56 heavy (non-hydrogen) atoms. The summed E-state index contributed by atoms with van der Waals surface area (Å²) in [4.78, 5) is 10.6. The van der Waals surface area contributed by atoms with E-state index in [0.29, 0.717) is 5.82 Å². The fraction of sp³-hybridized carbons (Fsp3) is 0.0189. The van der Waals surface area contributed by atoms with Gasteiger partial charge in [0, 0.05) is 38.4 Å². The third kappa shape index (κ3) is 4.28. The highest BCUT2D eigenvalue weighted by molar-refractivity contribution is 6.05. The van der Waals surface area contributed by atoms with Crippen molar-refractivity contribution in [2.75, 3.05) is 0 Å². The second-order valence-electron chi connectivity index (χ2n) is 14.8. The second-order valence-corrected chi connectivity index (χ2v) is 14.8. The summed E-state index contributed by atoms with van der Waals surface area (Å²) < 4.78 is 7.17. The molecule has 0 N–H and O–H groups in total. The molecule has 2 heterocycles. The number of ether oxygens (including phenoxy) is 1. The Morgan fingerprint density at radius 1 is 0.357 bits per heavy atom. The van der Waals surface area contributed by atoms with E-state index >= 15 is 0 Å². The van der Waals surface area contributed by atoms with Crippen molar-refractivity contribution in [2.45, 2.75) is 5.41 Å². The van der Waals surface area contributed by atoms with E-state index in [0.717, 1.165) is 77.5 Å². The minimum atomic E-state index is -0.641. The first-order valence-corrected chi connectivity index (χ1v) is 19.2. The number of nitrogens with zero attached hydrogens (tertiary/aromatic N) is 2. The van der Waals surface area contributed by atoms with E-state index in [9.17, 15) is 0 Å². The molecule has 0 unspecified atom stereocenters. The lowest BCUT2D eigenvalue weighted by Crippen LogP contribution is -2.32. The van der Waals surface area contributed by atoms with Gasteiger partial charge in [-0.2, -0.15) is 0 Å². The van der Waals surface area contributed by atoms with Crippen molar-refractivity contribution in [1.29, 1.82) is 0 Å². The quantitative estimate of drug-likeness (QED) is 0.183. The van der Waals surface area contributed by atoms with Crippen molar-refractivity contribution < 1.29 is 4.74 Å². The largest absolute Gasteiger partial charge is 0.455 e. The molecule has 260 valence electrons. The highest BCUT2D eigenvalue weighted by Gasteiger charge is 2.52. The molecule has 1 aliphatic heterocycles. The van der Waals surface area contributed by atoms with Gasteiger partial charge in [-0.05, 0) is 50.2 Å². The lowest BCUT2D eigenvalue weighted by atomic mass is 9.65. The SMILES string of the molecule is c1ccc(-c2ccc(-c3nc(-c4cccc5c4-c4ccccc4C54c5ccc6ccccc6c5Oc5c4ccc4ccccc54)c4ccccc4n3)cc2)cc1. The van der Waals surface area contributed by atoms with Crippen LogP contribution in [0.3, 0.4) is 0 Å². The first-order valence-electron chi connectivity index (χ1n) is 19.2. The summed E-state index contributed by atoms with van der Waals surface area (Å²) in [5.74, 6) is 2.53. The van der Waals surface area contributed by atoms with E-state index in [1.54, 1.807) is 0 Å². The summed E-state index contributed by atoms with van der Waals surface area (Å²) >= 11 is 0. The Labute approximate surface area is 324 Å². The molecule has 10 aromatic rings. The molecule has 0 fully saturated rings. The molecule has 3 nitrogen and oxygen atoms in total. The van der Waals surface area contributed by atoms with Crippen LogP contribution in [0.4, 0.5) is 0 Å². The van der Waals surface area contributed by atoms with Crippen LogP contribution >= 0.6 is 0 Å². The Bertz CT molecular complexity index is 3140. The van der Waals surface area contributed by atoms with E-state index in [2.05, 4.69) is 188 Å². The van der Waals surface area contributed by atoms with Crippen molar-refractivity contribution in [1.82, 2.24) is 9.97 Å². The van der Waals surface area contributed by atoms with Crippen LogP contribution in [0, 0.1) is 0 Å². The molecular weight excluding hydrogens is 681 g/mol. The third-order valence-electron chi connectivity index (χ3n) is 11.9. The standard InChI is InChI=1S/C53H32N2O/c1-2-13-33(14-3-1)34-25-27-37(28-26-34)52-54-47-24-11-9-20-41(47)49(55-52)42-21-12-23-44-48(42)40-19-8-10-22-43(40)53(44)45-31-29-35-15-4-6-17-38(35)50(45)56-51-39-18-7-5-16-36(39)30-32-46(51)53/h1-32H. The van der Waals surface area contributed by atoms with Crippen LogP contribution in [0.25, 0.3) is 77.3 Å². The van der Waals surface area contributed by atoms with Crippen LogP contribution in [-0.4, -0.2) is 9.97 Å². The molecule has 1 aliphatic carbocycles. The molecule has 1 spiro atoms. The number of para-hydroxylation sites is 1. The van der Waals surface area contributed by atoms with Crippen LogP contribution in [0.15, 0.2) is 194 Å². The highest BCUT2D eigenvalue weighted by atomic mass is 16.5. The number of hydrogen-bond acceptors (Lipinski definition) is 3. The first kappa shape index (κ1) is 31.0. The Balaban J connectivity index is 1.15. The minimum Gasteiger partial charge on any atom is -0.455 e. The number of hydrogen-bond donors (Lipinski definition) is 0. The van der Waals surface area contributed by atoms with Crippen molar-refractivity contribution >= 4 is 32.4 Å². The molecule has 0 amide bonds. The Kier molecular flexibility index (Phi) is 6.55. The van der Waals surface area contributed by atoms with Gasteiger partial charge in [-0.3, -0.25) is 0 Å². The smallest absolute Gasteiger partial charge is 0.160 e. The number of benzene rings is 9. The van der Waals surface area contributed by atoms with Gasteiger partial charge in [0.25, 0.3) is 0 Å². The van der Waals surface area contributed by atoms with Gasteiger partial charge < -0.3 is 4.74 Å². The maximum absolute atomic E-state index is 7.17. The van der Waals surface area contributed by atoms with Crippen molar-refractivity contribution in [2.24, 2.45) is 0 Å². The van der Waals surface area contributed by atoms with E-state index in [1.165, 1.54) is 27.8 Å². The second kappa shape index (κ2) is 11.8. The van der Waals surface area contributed by atoms with Crippen molar-refractivity contribution in [3.05, 3.63) is 216 Å². The molecule has 2 aliphatic rings. The van der Waals surface area contributed by atoms with Crippen molar-refractivity contribution in [3.63, 3.8) is 0 Å². The summed E-state index contributed by atoms with van der Waals surface area (Å²) in [7, 11) is 0. The Hall–Kier alpha value is -7.36. The molecule has 3 heteroatoms. The van der Waals surface area contributed by atoms with E-state index in [-0.39, 0.29) is 0 Å². The van der Waals surface area contributed by atoms with Gasteiger partial charge in [-0.15, -0.1) is 0 Å². The lowest BCUT2D eigenvalue weighted by Gasteiger charge is -2.40. The monoisotopic (exact) mass is 712 g/mol. The zero-order valence-electron chi connectivity index (χ0n) is 30.3. The fourth-order valence-electron chi connectivity index (χ4n) is 9.50. The lowest BCUT2D eigenvalue weighted by molar-refractivity contribution is 0.447. The predicted octanol–water partition coefficient (Wildman–Crippen LogP) is 13.4. The molecule has 0 bridgehead atoms. The normalized spacial score (nSPS) is 13.3. The van der Waals surface area contributed by atoms with Gasteiger partial charge in [0.1, 0.15) is 11.5 Å². The molecule has 0 saturated carbocycles. The van der Waals surface area contributed by atoms with Crippen LogP contribution in [-0.2, 0) is 5.41 Å². The van der Waals surface area contributed by atoms with E-state index in [4.69, 9.17) is 14.7 Å². The summed E-state index contributed by atoms with van der Waals surface area (Å²) in [6.07, 6.45) is 0. The maximum Gasteiger partial charge on any atom is 0.160 e. The summed E-state index contributed by atoms with van der Waals surface area (Å²) in [6.45, 7) is 0.